The van der Waals surface area contributed by atoms with Gasteiger partial charge in [0, 0.05) is 11.7 Å². The van der Waals surface area contributed by atoms with Gasteiger partial charge in [-0.1, -0.05) is 19.9 Å². The third-order valence-corrected chi connectivity index (χ3v) is 5.19. The molecule has 9 heteroatoms. The molecule has 0 radical (unpaired) electrons. The summed E-state index contributed by atoms with van der Waals surface area (Å²) in [5, 5.41) is 22.2. The molecule has 0 aromatic carbocycles. The second-order valence-electron chi connectivity index (χ2n) is 6.66. The molecule has 1 saturated carbocycles. The molecule has 25 heavy (non-hydrogen) atoms. The summed E-state index contributed by atoms with van der Waals surface area (Å²) < 4.78 is 0. The Kier molecular flexibility index (Phi) is 11.0. The van der Waals surface area contributed by atoms with Crippen molar-refractivity contribution in [3.05, 3.63) is 11.8 Å². The van der Waals surface area contributed by atoms with E-state index in [0.717, 1.165) is 25.0 Å². The molecule has 0 unspecified atom stereocenters. The summed E-state index contributed by atoms with van der Waals surface area (Å²) in [7, 11) is 0. The van der Waals surface area contributed by atoms with Gasteiger partial charge in [-0.05, 0) is 36.9 Å². The number of thioether (sulfide) groups is 1. The summed E-state index contributed by atoms with van der Waals surface area (Å²) in [5.74, 6) is -1.72. The number of nitrogens with one attached hydrogen (secondary N) is 1. The number of carboxylic acids is 2. The molecule has 2 atom stereocenters. The zero-order valence-corrected chi connectivity index (χ0v) is 17.9. The number of rotatable bonds is 11. The van der Waals surface area contributed by atoms with Crippen molar-refractivity contribution in [3.8, 4) is 0 Å². The van der Waals surface area contributed by atoms with Crippen LogP contribution in [-0.4, -0.2) is 40.5 Å². The first-order chi connectivity index (χ1) is 11.1. The summed E-state index contributed by atoms with van der Waals surface area (Å²) in [4.78, 5) is 33.5. The molecule has 0 heterocycles. The molecule has 1 rings (SSSR count). The van der Waals surface area contributed by atoms with Crippen LogP contribution < -0.4 is 45.7 Å². The third-order valence-electron chi connectivity index (χ3n) is 4.01. The maximum atomic E-state index is 11.9. The zero-order valence-electron chi connectivity index (χ0n) is 15.0. The first kappa shape index (κ1) is 24.5. The van der Waals surface area contributed by atoms with Crippen LogP contribution in [0.15, 0.2) is 11.8 Å². The van der Waals surface area contributed by atoms with Crippen LogP contribution in [-0.2, 0) is 14.4 Å². The number of hydrogen-bond donors (Lipinski definition) is 3. The van der Waals surface area contributed by atoms with Gasteiger partial charge >= 0.3 is 35.5 Å². The Morgan fingerprint density at radius 1 is 1.40 bits per heavy atom. The van der Waals surface area contributed by atoms with E-state index in [-0.39, 0.29) is 52.5 Å². The fourth-order valence-corrected chi connectivity index (χ4v) is 3.17. The van der Waals surface area contributed by atoms with Crippen molar-refractivity contribution in [2.24, 2.45) is 17.1 Å². The Hall–Kier alpha value is -0.540. The fourth-order valence-electron chi connectivity index (χ4n) is 2.20. The molecule has 1 amide bonds. The van der Waals surface area contributed by atoms with Crippen LogP contribution in [0.4, 0.5) is 0 Å². The molecule has 1 aliphatic carbocycles. The average Bonchev–Trinajstić information content (AvgIpc) is 3.13. The molecule has 0 aromatic rings. The Bertz CT molecular complexity index is 525. The maximum absolute atomic E-state index is 11.9. The summed E-state index contributed by atoms with van der Waals surface area (Å²) in [6.45, 7) is 3.93. The zero-order chi connectivity index (χ0) is 18.3. The van der Waals surface area contributed by atoms with E-state index in [1.54, 1.807) is 0 Å². The monoisotopic (exact) mass is 380 g/mol. The molecule has 1 fully saturated rings. The Morgan fingerprint density at radius 3 is 2.48 bits per heavy atom. The minimum absolute atomic E-state index is 0. The molecule has 0 aromatic heterocycles. The van der Waals surface area contributed by atoms with Gasteiger partial charge < -0.3 is 26.1 Å². The van der Waals surface area contributed by atoms with Crippen LogP contribution in [0.25, 0.3) is 0 Å². The third kappa shape index (κ3) is 9.10. The molecule has 1 aliphatic rings. The summed E-state index contributed by atoms with van der Waals surface area (Å²) in [6, 6.07) is -0.860. The minimum atomic E-state index is -1.39. The first-order valence-electron chi connectivity index (χ1n) is 7.93. The van der Waals surface area contributed by atoms with Crippen LogP contribution in [0.2, 0.25) is 0 Å². The standard InChI is InChI=1S/C16H26N2O5S.Na/c1-16(2)8-10(16)13(19)18-12(15(22)23)6-4-3-5-7-24-9-11(17)14(20)21;/h6,10-11H,3-5,7-9,17H2,1-2H3,(H,18,19)(H,20,21)(H,22,23);/q;+1/p-1/b12-6-;/t10-,11+;/m0./s1. The minimum Gasteiger partial charge on any atom is -0.543 e. The number of carbonyl (C=O) groups is 3. The van der Waals surface area contributed by atoms with E-state index >= 15 is 0 Å². The van der Waals surface area contributed by atoms with Gasteiger partial charge in [-0.15, -0.1) is 0 Å². The smallest absolute Gasteiger partial charge is 0.543 e. The largest absolute Gasteiger partial charge is 1.00 e. The van der Waals surface area contributed by atoms with Gasteiger partial charge in [0.15, 0.2) is 0 Å². The van der Waals surface area contributed by atoms with Gasteiger partial charge in [-0.2, -0.15) is 11.8 Å². The molecule has 7 nitrogen and oxygen atoms in total. The fraction of sp³-hybridized carbons (Fsp3) is 0.688. The number of amides is 1. The number of unbranched alkanes of at least 4 members (excludes halogenated alkanes) is 2. The summed E-state index contributed by atoms with van der Waals surface area (Å²) in [5.41, 5.74) is 5.15. The normalized spacial score (nSPS) is 19.5. The van der Waals surface area contributed by atoms with Crippen LogP contribution in [0.3, 0.4) is 0 Å². The van der Waals surface area contributed by atoms with Crippen LogP contribution in [0.5, 0.6) is 0 Å². The van der Waals surface area contributed by atoms with E-state index < -0.39 is 18.0 Å². The topological polar surface area (TPSA) is 133 Å². The first-order valence-corrected chi connectivity index (χ1v) is 9.09. The van der Waals surface area contributed by atoms with E-state index in [2.05, 4.69) is 5.32 Å². The second kappa shape index (κ2) is 11.2. The predicted octanol–water partition coefficient (Wildman–Crippen LogP) is -2.90. The quantitative estimate of drug-likeness (QED) is 0.199. The van der Waals surface area contributed by atoms with Gasteiger partial charge in [0.2, 0.25) is 5.91 Å². The van der Waals surface area contributed by atoms with Crippen molar-refractivity contribution >= 4 is 29.6 Å². The van der Waals surface area contributed by atoms with E-state index in [1.165, 1.54) is 17.8 Å². The Balaban J connectivity index is 0.00000576. The van der Waals surface area contributed by atoms with Crippen molar-refractivity contribution in [3.63, 3.8) is 0 Å². The van der Waals surface area contributed by atoms with Gasteiger partial charge in [-0.3, -0.25) is 9.59 Å². The molecule has 0 aliphatic heterocycles. The summed E-state index contributed by atoms with van der Waals surface area (Å²) in [6.07, 6.45) is 4.27. The van der Waals surface area contributed by atoms with E-state index in [9.17, 15) is 19.5 Å². The van der Waals surface area contributed by atoms with E-state index in [1.807, 2.05) is 13.8 Å². The van der Waals surface area contributed by atoms with Crippen LogP contribution in [0, 0.1) is 11.3 Å². The van der Waals surface area contributed by atoms with Gasteiger partial charge in [0.25, 0.3) is 0 Å². The second-order valence-corrected chi connectivity index (χ2v) is 7.81. The van der Waals surface area contributed by atoms with E-state index in [4.69, 9.17) is 10.8 Å². The van der Waals surface area contributed by atoms with Crippen molar-refractivity contribution in [1.29, 1.82) is 0 Å². The number of allylic oxidation sites excluding steroid dienone is 1. The maximum Gasteiger partial charge on any atom is 1.00 e. The number of carbonyl (C=O) groups excluding carboxylic acids is 2. The Morgan fingerprint density at radius 2 is 2.00 bits per heavy atom. The molecule has 4 N–H and O–H groups in total. The molecule has 136 valence electrons. The average molecular weight is 380 g/mol. The van der Waals surface area contributed by atoms with Crippen LogP contribution >= 0.6 is 11.8 Å². The van der Waals surface area contributed by atoms with Gasteiger partial charge in [0.1, 0.15) is 6.04 Å². The van der Waals surface area contributed by atoms with Gasteiger partial charge in [-0.25, -0.2) is 0 Å². The molecule has 0 saturated heterocycles. The van der Waals surface area contributed by atoms with Crippen molar-refractivity contribution in [2.75, 3.05) is 11.5 Å². The number of nitrogens with two attached hydrogens (primary N) is 1. The Labute approximate surface area is 174 Å². The van der Waals surface area contributed by atoms with Crippen molar-refractivity contribution in [2.45, 2.75) is 45.6 Å². The van der Waals surface area contributed by atoms with Crippen molar-refractivity contribution in [1.82, 2.24) is 5.32 Å². The number of aliphatic carboxylic acids is 2. The van der Waals surface area contributed by atoms with Crippen molar-refractivity contribution < 1.29 is 54.2 Å². The predicted molar refractivity (Wildman–Crippen MR) is 89.9 cm³/mol. The van der Waals surface area contributed by atoms with E-state index in [0.29, 0.717) is 12.2 Å². The molecular weight excluding hydrogens is 355 g/mol. The molecular formula is C16H25N2NaO5S. The number of hydrogen-bond acceptors (Lipinski definition) is 6. The molecule has 0 spiro atoms. The summed E-state index contributed by atoms with van der Waals surface area (Å²) >= 11 is 1.45. The van der Waals surface area contributed by atoms with Gasteiger partial charge in [0.05, 0.1) is 11.7 Å². The molecule has 0 bridgehead atoms. The SMILES string of the molecule is CC1(C)C[C@H]1C(=O)N/C(=C\CCCCSC[C@@H](N)C(=O)O)C(=O)[O-].[Na+]. The number of carboxylic acid groups (broad SMARTS) is 2. The van der Waals surface area contributed by atoms with Crippen LogP contribution in [0.1, 0.15) is 39.5 Å².